The number of hydrogen-bond donors (Lipinski definition) is 3. The lowest BCUT2D eigenvalue weighted by atomic mass is 9.84. The van der Waals surface area contributed by atoms with Gasteiger partial charge in [-0.1, -0.05) is 26.8 Å². The van der Waals surface area contributed by atoms with Gasteiger partial charge in [-0.15, -0.1) is 0 Å². The number of carbonyl (C=O) groups excluding carboxylic acids is 1. The number of fused-ring (bicyclic) bond motifs is 1. The molecule has 0 aromatic heterocycles. The molecule has 1 aliphatic rings. The van der Waals surface area contributed by atoms with E-state index in [1.807, 2.05) is 0 Å². The van der Waals surface area contributed by atoms with E-state index in [9.17, 15) is 28.2 Å². The van der Waals surface area contributed by atoms with E-state index in [1.165, 1.54) is 19.2 Å². The fourth-order valence-electron chi connectivity index (χ4n) is 3.75. The highest BCUT2D eigenvalue weighted by Crippen LogP contribution is 2.43. The van der Waals surface area contributed by atoms with Gasteiger partial charge in [-0.05, 0) is 46.4 Å². The van der Waals surface area contributed by atoms with Crippen LogP contribution in [0.15, 0.2) is 35.3 Å². The number of rotatable bonds is 4. The average Bonchev–Trinajstić information content (AvgIpc) is 3.05. The quantitative estimate of drug-likeness (QED) is 0.580. The van der Waals surface area contributed by atoms with Crippen molar-refractivity contribution in [3.05, 3.63) is 52.6 Å². The lowest BCUT2D eigenvalue weighted by Gasteiger charge is -2.26. The van der Waals surface area contributed by atoms with Crippen LogP contribution in [0.4, 0.5) is 23.7 Å². The molecule has 0 saturated heterocycles. The Morgan fingerprint density at radius 1 is 1.15 bits per heavy atom. The van der Waals surface area contributed by atoms with Gasteiger partial charge in [-0.3, -0.25) is 0 Å². The van der Waals surface area contributed by atoms with E-state index < -0.39 is 35.4 Å². The topological polar surface area (TPSA) is 100 Å². The van der Waals surface area contributed by atoms with Gasteiger partial charge in [0, 0.05) is 12.0 Å². The number of benzene rings is 2. The molecular weight excluding hydrogens is 453 g/mol. The molecule has 0 saturated carbocycles. The molecule has 10 heteroatoms. The third-order valence-electron chi connectivity index (χ3n) is 5.61. The second-order valence-electron chi connectivity index (χ2n) is 9.02. The van der Waals surface area contributed by atoms with Gasteiger partial charge in [-0.25, -0.2) is 4.79 Å². The Kier molecular flexibility index (Phi) is 6.95. The van der Waals surface area contributed by atoms with E-state index in [1.54, 1.807) is 39.0 Å². The number of amides is 2. The zero-order valence-electron chi connectivity index (χ0n) is 19.4. The van der Waals surface area contributed by atoms with E-state index in [0.29, 0.717) is 16.9 Å². The summed E-state index contributed by atoms with van der Waals surface area (Å²) in [7, 11) is 2.64. The molecule has 1 aliphatic carbocycles. The van der Waals surface area contributed by atoms with Crippen LogP contribution in [0.5, 0.6) is 11.5 Å². The number of ether oxygens (including phenoxy) is 2. The van der Waals surface area contributed by atoms with Crippen molar-refractivity contribution in [3.63, 3.8) is 0 Å². The first-order chi connectivity index (χ1) is 15.8. The molecule has 2 amide bonds. The van der Waals surface area contributed by atoms with Crippen LogP contribution >= 0.6 is 0 Å². The molecule has 0 heterocycles. The molecule has 2 atom stereocenters. The molecule has 3 rings (SSSR count). The molecular formula is C24H27F3N2O5. The Balaban J connectivity index is 1.97. The number of anilines is 1. The summed E-state index contributed by atoms with van der Waals surface area (Å²) < 4.78 is 50.3. The Hall–Kier alpha value is -3.11. The van der Waals surface area contributed by atoms with Gasteiger partial charge in [0.2, 0.25) is 0 Å². The third-order valence-corrected chi connectivity index (χ3v) is 5.61. The lowest BCUT2D eigenvalue weighted by Crippen LogP contribution is -2.23. The summed E-state index contributed by atoms with van der Waals surface area (Å²) in [6, 6.07) is 6.94. The maximum atomic E-state index is 13.3. The van der Waals surface area contributed by atoms with E-state index >= 15 is 0 Å². The lowest BCUT2D eigenvalue weighted by molar-refractivity contribution is -0.207. The van der Waals surface area contributed by atoms with Crippen molar-refractivity contribution in [1.82, 2.24) is 0 Å². The zero-order chi connectivity index (χ0) is 25.4. The molecule has 0 aliphatic heterocycles. The number of aliphatic imine (C=N–C) groups is 1. The molecule has 7 nitrogen and oxygen atoms in total. The van der Waals surface area contributed by atoms with Crippen molar-refractivity contribution in [2.45, 2.75) is 51.0 Å². The molecule has 0 fully saturated rings. The fraction of sp³-hybridized carbons (Fsp3) is 0.417. The van der Waals surface area contributed by atoms with Crippen LogP contribution in [-0.4, -0.2) is 42.4 Å². The predicted octanol–water partition coefficient (Wildman–Crippen LogP) is 4.86. The Morgan fingerprint density at radius 3 is 2.38 bits per heavy atom. The summed E-state index contributed by atoms with van der Waals surface area (Å²) in [5, 5.41) is 23.0. The standard InChI is InChI=1S/C24H27F3N2O5/c1-23(2,3)13-9-16(21(31)24(25,26)27)20(34-5)18(10-13)29-22(32)28-17-8-12-6-7-14(33-4)11-15(12)19(17)30/h6-7,9-11,19,21,30-31H,8H2,1-5H3,(H,29,32)/b28-17-/t19-,21-/m1/s1. The molecule has 184 valence electrons. The molecule has 34 heavy (non-hydrogen) atoms. The van der Waals surface area contributed by atoms with Crippen LogP contribution in [0, 0.1) is 0 Å². The molecule has 0 spiro atoms. The normalized spacial score (nSPS) is 17.9. The number of nitrogens with one attached hydrogen (secondary N) is 1. The first-order valence-electron chi connectivity index (χ1n) is 10.5. The number of aliphatic hydroxyl groups excluding tert-OH is 2. The highest BCUT2D eigenvalue weighted by molar-refractivity contribution is 6.06. The van der Waals surface area contributed by atoms with Crippen molar-refractivity contribution in [2.24, 2.45) is 4.99 Å². The second kappa shape index (κ2) is 9.27. The molecule has 2 aromatic carbocycles. The smallest absolute Gasteiger partial charge is 0.418 e. The van der Waals surface area contributed by atoms with Gasteiger partial charge >= 0.3 is 12.2 Å². The van der Waals surface area contributed by atoms with Gasteiger partial charge < -0.3 is 25.0 Å². The molecule has 0 bridgehead atoms. The minimum absolute atomic E-state index is 0.0748. The highest BCUT2D eigenvalue weighted by Gasteiger charge is 2.42. The van der Waals surface area contributed by atoms with Crippen LogP contribution in [0.1, 0.15) is 55.2 Å². The van der Waals surface area contributed by atoms with E-state index in [2.05, 4.69) is 10.3 Å². The number of aliphatic hydroxyl groups is 2. The second-order valence-corrected chi connectivity index (χ2v) is 9.02. The monoisotopic (exact) mass is 480 g/mol. The van der Waals surface area contributed by atoms with E-state index in [-0.39, 0.29) is 23.6 Å². The number of halogens is 3. The number of urea groups is 1. The van der Waals surface area contributed by atoms with E-state index in [4.69, 9.17) is 9.47 Å². The number of alkyl halides is 3. The van der Waals surface area contributed by atoms with Gasteiger partial charge in [0.05, 0.1) is 25.6 Å². The number of nitrogens with zero attached hydrogens (tertiary/aromatic N) is 1. The van der Waals surface area contributed by atoms with Crippen LogP contribution in [0.25, 0.3) is 0 Å². The molecule has 3 N–H and O–H groups in total. The number of carbonyl (C=O) groups is 1. The first-order valence-corrected chi connectivity index (χ1v) is 10.5. The minimum atomic E-state index is -4.94. The Morgan fingerprint density at radius 2 is 1.82 bits per heavy atom. The molecule has 2 aromatic rings. The summed E-state index contributed by atoms with van der Waals surface area (Å²) in [5.41, 5.74) is 0.772. The summed E-state index contributed by atoms with van der Waals surface area (Å²) >= 11 is 0. The van der Waals surface area contributed by atoms with Crippen molar-refractivity contribution >= 4 is 17.4 Å². The first kappa shape index (κ1) is 25.5. The van der Waals surface area contributed by atoms with E-state index in [0.717, 1.165) is 12.7 Å². The minimum Gasteiger partial charge on any atom is -0.497 e. The van der Waals surface area contributed by atoms with Crippen molar-refractivity contribution < 1.29 is 37.7 Å². The molecule has 0 unspecified atom stereocenters. The Bertz CT molecular complexity index is 1120. The SMILES string of the molecule is COc1ccc2c(c1)[C@@H](O)/C(=N\C(=O)Nc1cc(C(C)(C)C)cc([C@@H](O)C(F)(F)F)c1OC)C2. The predicted molar refractivity (Wildman–Crippen MR) is 121 cm³/mol. The Labute approximate surface area is 195 Å². The molecule has 0 radical (unpaired) electrons. The largest absolute Gasteiger partial charge is 0.497 e. The van der Waals surface area contributed by atoms with Gasteiger partial charge in [0.15, 0.2) is 6.10 Å². The van der Waals surface area contributed by atoms with Gasteiger partial charge in [-0.2, -0.15) is 18.2 Å². The zero-order valence-corrected chi connectivity index (χ0v) is 19.4. The van der Waals surface area contributed by atoms with Crippen molar-refractivity contribution in [2.75, 3.05) is 19.5 Å². The van der Waals surface area contributed by atoms with Crippen LogP contribution < -0.4 is 14.8 Å². The maximum absolute atomic E-state index is 13.3. The summed E-state index contributed by atoms with van der Waals surface area (Å²) in [5.74, 6) is 0.217. The maximum Gasteiger partial charge on any atom is 0.418 e. The third kappa shape index (κ3) is 5.18. The van der Waals surface area contributed by atoms with Crippen LogP contribution in [0.3, 0.4) is 0 Å². The summed E-state index contributed by atoms with van der Waals surface area (Å²) in [6.07, 6.45) is -8.65. The fourth-order valence-corrected chi connectivity index (χ4v) is 3.75. The van der Waals surface area contributed by atoms with Crippen molar-refractivity contribution in [1.29, 1.82) is 0 Å². The van der Waals surface area contributed by atoms with Gasteiger partial charge in [0.1, 0.15) is 17.6 Å². The summed E-state index contributed by atoms with van der Waals surface area (Å²) in [6.45, 7) is 5.35. The summed E-state index contributed by atoms with van der Waals surface area (Å²) in [4.78, 5) is 16.7. The highest BCUT2D eigenvalue weighted by atomic mass is 19.4. The number of methoxy groups -OCH3 is 2. The average molecular weight is 480 g/mol. The number of hydrogen-bond acceptors (Lipinski definition) is 5. The van der Waals surface area contributed by atoms with Crippen LogP contribution in [0.2, 0.25) is 0 Å². The van der Waals surface area contributed by atoms with Gasteiger partial charge in [0.25, 0.3) is 0 Å². The van der Waals surface area contributed by atoms with Crippen molar-refractivity contribution in [3.8, 4) is 11.5 Å². The van der Waals surface area contributed by atoms with Crippen LogP contribution in [-0.2, 0) is 11.8 Å².